The summed E-state index contributed by atoms with van der Waals surface area (Å²) in [6.45, 7) is 7.07. The number of sulfonamides is 1. The highest BCUT2D eigenvalue weighted by Crippen LogP contribution is 2.22. The molecule has 6 heteroatoms. The fourth-order valence-corrected chi connectivity index (χ4v) is 2.41. The van der Waals surface area contributed by atoms with Crippen LogP contribution in [-0.2, 0) is 10.0 Å². The molecule has 0 bridgehead atoms. The SMILES string of the molecule is C=C(/C=C(\C)NS(=O)(=O)CC)c1ccc(C#N)c(Cl)c1. The van der Waals surface area contributed by atoms with Crippen LogP contribution in [0.3, 0.4) is 0 Å². The van der Waals surface area contributed by atoms with E-state index in [1.165, 1.54) is 0 Å². The van der Waals surface area contributed by atoms with Crippen LogP contribution in [0.1, 0.15) is 25.0 Å². The van der Waals surface area contributed by atoms with E-state index in [9.17, 15) is 8.42 Å². The average molecular weight is 311 g/mol. The van der Waals surface area contributed by atoms with Gasteiger partial charge >= 0.3 is 0 Å². The lowest BCUT2D eigenvalue weighted by atomic mass is 10.0. The van der Waals surface area contributed by atoms with Crippen molar-refractivity contribution in [3.63, 3.8) is 0 Å². The van der Waals surface area contributed by atoms with E-state index in [4.69, 9.17) is 16.9 Å². The molecule has 0 radical (unpaired) electrons. The second-order valence-corrected chi connectivity index (χ2v) is 6.58. The van der Waals surface area contributed by atoms with Crippen molar-refractivity contribution in [2.75, 3.05) is 5.75 Å². The number of hydrogen-bond donors (Lipinski definition) is 1. The molecule has 0 unspecified atom stereocenters. The topological polar surface area (TPSA) is 70.0 Å². The van der Waals surface area contributed by atoms with Gasteiger partial charge in [-0.3, -0.25) is 4.72 Å². The van der Waals surface area contributed by atoms with Crippen LogP contribution in [0, 0.1) is 11.3 Å². The molecule has 0 heterocycles. The Balaban J connectivity index is 2.97. The van der Waals surface area contributed by atoms with Gasteiger partial charge in [0.25, 0.3) is 0 Å². The molecule has 0 aliphatic heterocycles. The highest BCUT2D eigenvalue weighted by molar-refractivity contribution is 7.89. The maximum atomic E-state index is 11.4. The third-order valence-electron chi connectivity index (χ3n) is 2.55. The molecule has 1 aromatic carbocycles. The maximum absolute atomic E-state index is 11.4. The van der Waals surface area contributed by atoms with Crippen LogP contribution >= 0.6 is 11.6 Å². The van der Waals surface area contributed by atoms with E-state index < -0.39 is 10.0 Å². The summed E-state index contributed by atoms with van der Waals surface area (Å²) in [5, 5.41) is 9.14. The second kappa shape index (κ2) is 6.60. The van der Waals surface area contributed by atoms with Crippen molar-refractivity contribution in [3.8, 4) is 6.07 Å². The Bertz CT molecular complexity index is 700. The first-order valence-corrected chi connectivity index (χ1v) is 7.89. The van der Waals surface area contributed by atoms with Crippen molar-refractivity contribution in [2.45, 2.75) is 13.8 Å². The molecule has 0 saturated carbocycles. The minimum Gasteiger partial charge on any atom is -0.288 e. The molecule has 1 rings (SSSR count). The van der Waals surface area contributed by atoms with Crippen molar-refractivity contribution in [1.82, 2.24) is 4.72 Å². The maximum Gasteiger partial charge on any atom is 0.232 e. The predicted octanol–water partition coefficient (Wildman–Crippen LogP) is 3.07. The Morgan fingerprint density at radius 1 is 1.55 bits per heavy atom. The predicted molar refractivity (Wildman–Crippen MR) is 81.6 cm³/mol. The van der Waals surface area contributed by atoms with Gasteiger partial charge in [0.2, 0.25) is 10.0 Å². The summed E-state index contributed by atoms with van der Waals surface area (Å²) < 4.78 is 25.3. The number of allylic oxidation sites excluding steroid dienone is 3. The van der Waals surface area contributed by atoms with Gasteiger partial charge in [-0.15, -0.1) is 0 Å². The Morgan fingerprint density at radius 3 is 2.70 bits per heavy atom. The van der Waals surface area contributed by atoms with Gasteiger partial charge < -0.3 is 0 Å². The zero-order valence-electron chi connectivity index (χ0n) is 11.3. The quantitative estimate of drug-likeness (QED) is 0.850. The summed E-state index contributed by atoms with van der Waals surface area (Å²) >= 11 is 5.94. The Kier molecular flexibility index (Phi) is 5.37. The lowest BCUT2D eigenvalue weighted by Gasteiger charge is -2.08. The van der Waals surface area contributed by atoms with Gasteiger partial charge in [0.05, 0.1) is 16.3 Å². The van der Waals surface area contributed by atoms with E-state index in [1.54, 1.807) is 38.1 Å². The first-order valence-electron chi connectivity index (χ1n) is 5.86. The lowest BCUT2D eigenvalue weighted by molar-refractivity contribution is 0.590. The third kappa shape index (κ3) is 4.41. The van der Waals surface area contributed by atoms with Crippen LogP contribution in [0.25, 0.3) is 5.57 Å². The van der Waals surface area contributed by atoms with E-state index in [0.717, 1.165) is 5.56 Å². The van der Waals surface area contributed by atoms with Crippen molar-refractivity contribution < 1.29 is 8.42 Å². The molecule has 0 aliphatic carbocycles. The van der Waals surface area contributed by atoms with Crippen LogP contribution in [0.4, 0.5) is 0 Å². The van der Waals surface area contributed by atoms with Crippen LogP contribution < -0.4 is 4.72 Å². The molecule has 0 spiro atoms. The van der Waals surface area contributed by atoms with Gasteiger partial charge in [-0.2, -0.15) is 5.26 Å². The van der Waals surface area contributed by atoms with E-state index in [1.807, 2.05) is 6.07 Å². The first-order chi connectivity index (χ1) is 9.29. The third-order valence-corrected chi connectivity index (χ3v) is 4.25. The van der Waals surface area contributed by atoms with Gasteiger partial charge in [0.1, 0.15) is 6.07 Å². The van der Waals surface area contributed by atoms with Crippen LogP contribution in [0.2, 0.25) is 5.02 Å². The number of nitrogens with one attached hydrogen (secondary N) is 1. The lowest BCUT2D eigenvalue weighted by Crippen LogP contribution is -2.23. The monoisotopic (exact) mass is 310 g/mol. The fraction of sp³-hybridized carbons (Fsp3) is 0.214. The van der Waals surface area contributed by atoms with Crippen molar-refractivity contribution in [3.05, 3.63) is 52.7 Å². The molecular formula is C14H15ClN2O2S. The summed E-state index contributed by atoms with van der Waals surface area (Å²) in [5.41, 5.74) is 2.18. The molecular weight excluding hydrogens is 296 g/mol. The summed E-state index contributed by atoms with van der Waals surface area (Å²) in [6.07, 6.45) is 1.62. The molecule has 0 amide bonds. The number of hydrogen-bond acceptors (Lipinski definition) is 3. The average Bonchev–Trinajstić information content (AvgIpc) is 2.37. The molecule has 106 valence electrons. The standard InChI is InChI=1S/C14H15ClN2O2S/c1-4-20(18,19)17-11(3)7-10(2)12-5-6-13(9-16)14(15)8-12/h5-8,17H,2,4H2,1,3H3/b11-7+. The summed E-state index contributed by atoms with van der Waals surface area (Å²) in [6, 6.07) is 6.91. The summed E-state index contributed by atoms with van der Waals surface area (Å²) in [4.78, 5) is 0. The molecule has 0 aliphatic rings. The zero-order valence-corrected chi connectivity index (χ0v) is 12.8. The molecule has 0 atom stereocenters. The smallest absolute Gasteiger partial charge is 0.232 e. The molecule has 1 N–H and O–H groups in total. The van der Waals surface area contributed by atoms with Crippen molar-refractivity contribution in [2.24, 2.45) is 0 Å². The molecule has 0 fully saturated rings. The van der Waals surface area contributed by atoms with E-state index in [0.29, 0.717) is 21.9 Å². The van der Waals surface area contributed by atoms with Crippen LogP contribution in [-0.4, -0.2) is 14.2 Å². The van der Waals surface area contributed by atoms with Crippen LogP contribution in [0.15, 0.2) is 36.6 Å². The first kappa shape index (κ1) is 16.3. The molecule has 20 heavy (non-hydrogen) atoms. The van der Waals surface area contributed by atoms with Gasteiger partial charge in [0.15, 0.2) is 0 Å². The van der Waals surface area contributed by atoms with Gasteiger partial charge in [0, 0.05) is 5.70 Å². The second-order valence-electron chi connectivity index (χ2n) is 4.16. The van der Waals surface area contributed by atoms with E-state index >= 15 is 0 Å². The van der Waals surface area contributed by atoms with E-state index in [-0.39, 0.29) is 5.75 Å². The minimum atomic E-state index is -3.29. The Labute approximate surface area is 124 Å². The highest BCUT2D eigenvalue weighted by atomic mass is 35.5. The van der Waals surface area contributed by atoms with Gasteiger partial charge in [-0.25, -0.2) is 8.42 Å². The van der Waals surface area contributed by atoms with Crippen LogP contribution in [0.5, 0.6) is 0 Å². The summed E-state index contributed by atoms with van der Waals surface area (Å²) in [5.74, 6) is 0.00729. The zero-order chi connectivity index (χ0) is 15.3. The highest BCUT2D eigenvalue weighted by Gasteiger charge is 2.07. The number of rotatable bonds is 5. The fourth-order valence-electron chi connectivity index (χ4n) is 1.50. The minimum absolute atomic E-state index is 0.00729. The number of nitriles is 1. The Hall–Kier alpha value is -1.77. The largest absolute Gasteiger partial charge is 0.288 e. The molecule has 1 aromatic rings. The molecule has 0 saturated heterocycles. The van der Waals surface area contributed by atoms with Gasteiger partial charge in [-0.1, -0.05) is 24.2 Å². The summed E-state index contributed by atoms with van der Waals surface area (Å²) in [7, 11) is -3.29. The van der Waals surface area contributed by atoms with Crippen molar-refractivity contribution in [1.29, 1.82) is 5.26 Å². The number of nitrogens with zero attached hydrogens (tertiary/aromatic N) is 1. The van der Waals surface area contributed by atoms with Gasteiger partial charge in [-0.05, 0) is 43.2 Å². The van der Waals surface area contributed by atoms with E-state index in [2.05, 4.69) is 11.3 Å². The molecule has 0 aromatic heterocycles. The Morgan fingerprint density at radius 2 is 2.20 bits per heavy atom. The van der Waals surface area contributed by atoms with Crippen molar-refractivity contribution >= 4 is 27.2 Å². The number of benzene rings is 1. The normalized spacial score (nSPS) is 11.8. The number of halogens is 1. The molecule has 4 nitrogen and oxygen atoms in total.